The van der Waals surface area contributed by atoms with Crippen molar-refractivity contribution in [3.63, 3.8) is 0 Å². The van der Waals surface area contributed by atoms with Crippen molar-refractivity contribution in [2.45, 2.75) is 39.2 Å². The van der Waals surface area contributed by atoms with E-state index >= 15 is 0 Å². The summed E-state index contributed by atoms with van der Waals surface area (Å²) >= 11 is 0. The van der Waals surface area contributed by atoms with Gasteiger partial charge in [-0.15, -0.1) is 12.3 Å². The van der Waals surface area contributed by atoms with Crippen molar-refractivity contribution in [1.29, 1.82) is 0 Å². The summed E-state index contributed by atoms with van der Waals surface area (Å²) in [4.78, 5) is 0. The number of rotatable bonds is 7. The number of terminal acetylenes is 1. The van der Waals surface area contributed by atoms with Crippen LogP contribution in [-0.2, 0) is 0 Å². The predicted molar refractivity (Wildman–Crippen MR) is 73.4 cm³/mol. The molecule has 0 fully saturated rings. The molecule has 1 aromatic rings. The van der Waals surface area contributed by atoms with Gasteiger partial charge in [0.15, 0.2) is 0 Å². The lowest BCUT2D eigenvalue weighted by atomic mass is 10.2. The van der Waals surface area contributed by atoms with Crippen molar-refractivity contribution in [3.05, 3.63) is 24.3 Å². The quantitative estimate of drug-likeness (QED) is 0.571. The number of benzene rings is 1. The van der Waals surface area contributed by atoms with Crippen LogP contribution in [0.5, 0.6) is 5.75 Å². The van der Waals surface area contributed by atoms with E-state index in [-0.39, 0.29) is 6.10 Å². The average Bonchev–Trinajstić information content (AvgIpc) is 2.35. The Morgan fingerprint density at radius 1 is 1.47 bits per heavy atom. The van der Waals surface area contributed by atoms with Crippen LogP contribution in [-0.4, -0.2) is 12.6 Å². The van der Waals surface area contributed by atoms with Crippen LogP contribution in [0.15, 0.2) is 24.3 Å². The van der Waals surface area contributed by atoms with E-state index in [1.54, 1.807) is 0 Å². The van der Waals surface area contributed by atoms with Crippen LogP contribution in [0, 0.1) is 12.3 Å². The van der Waals surface area contributed by atoms with Gasteiger partial charge in [-0.1, -0.05) is 13.0 Å². The summed E-state index contributed by atoms with van der Waals surface area (Å²) < 4.78 is 5.76. The van der Waals surface area contributed by atoms with Gasteiger partial charge >= 0.3 is 0 Å². The zero-order valence-electron chi connectivity index (χ0n) is 10.7. The molecule has 0 heterocycles. The predicted octanol–water partition coefficient (Wildman–Crippen LogP) is 3.69. The van der Waals surface area contributed by atoms with Gasteiger partial charge in [0.2, 0.25) is 0 Å². The Kier molecular flexibility index (Phi) is 6.03. The fraction of sp³-hybridized carbons (Fsp3) is 0.467. The molecule has 1 rings (SSSR count). The molecule has 0 aromatic heterocycles. The van der Waals surface area contributed by atoms with Crippen LogP contribution in [0.4, 0.5) is 5.69 Å². The van der Waals surface area contributed by atoms with Crippen molar-refractivity contribution in [2.75, 3.05) is 11.9 Å². The molecule has 2 nitrogen and oxygen atoms in total. The molecule has 0 amide bonds. The van der Waals surface area contributed by atoms with Crippen molar-refractivity contribution < 1.29 is 4.74 Å². The smallest absolute Gasteiger partial charge is 0.121 e. The zero-order valence-corrected chi connectivity index (χ0v) is 10.7. The molecule has 2 heteroatoms. The van der Waals surface area contributed by atoms with Gasteiger partial charge in [0, 0.05) is 24.7 Å². The zero-order chi connectivity index (χ0) is 12.5. The van der Waals surface area contributed by atoms with E-state index in [2.05, 4.69) is 25.1 Å². The van der Waals surface area contributed by atoms with Gasteiger partial charge in [-0.3, -0.25) is 0 Å². The summed E-state index contributed by atoms with van der Waals surface area (Å²) in [6.45, 7) is 5.09. The van der Waals surface area contributed by atoms with Gasteiger partial charge in [0.25, 0.3) is 0 Å². The minimum atomic E-state index is 0.256. The Labute approximate surface area is 104 Å². The monoisotopic (exact) mass is 231 g/mol. The molecule has 1 N–H and O–H groups in total. The standard InChI is InChI=1S/C15H21NO/c1-4-6-7-11-16-14-9-8-10-15(12-14)17-13(3)5-2/h1,8-10,12-13,16H,5-7,11H2,2-3H3. The minimum Gasteiger partial charge on any atom is -0.491 e. The fourth-order valence-corrected chi connectivity index (χ4v) is 1.42. The van der Waals surface area contributed by atoms with Gasteiger partial charge < -0.3 is 10.1 Å². The lowest BCUT2D eigenvalue weighted by Gasteiger charge is -2.13. The normalized spacial score (nSPS) is 11.6. The second-order valence-corrected chi connectivity index (χ2v) is 4.10. The SMILES string of the molecule is C#CCCCNc1cccc(OC(C)CC)c1. The number of anilines is 1. The topological polar surface area (TPSA) is 21.3 Å². The van der Waals surface area contributed by atoms with Crippen LogP contribution in [0.25, 0.3) is 0 Å². The summed E-state index contributed by atoms with van der Waals surface area (Å²) in [7, 11) is 0. The van der Waals surface area contributed by atoms with Crippen molar-refractivity contribution in [3.8, 4) is 18.1 Å². The lowest BCUT2D eigenvalue weighted by molar-refractivity contribution is 0.217. The summed E-state index contributed by atoms with van der Waals surface area (Å²) in [5.41, 5.74) is 1.09. The molecule has 1 unspecified atom stereocenters. The van der Waals surface area contributed by atoms with E-state index in [1.807, 2.05) is 24.3 Å². The summed E-state index contributed by atoms with van der Waals surface area (Å²) in [5.74, 6) is 3.55. The number of nitrogens with one attached hydrogen (secondary N) is 1. The first kappa shape index (κ1) is 13.4. The van der Waals surface area contributed by atoms with Gasteiger partial charge in [0.1, 0.15) is 5.75 Å². The highest BCUT2D eigenvalue weighted by molar-refractivity contribution is 5.48. The van der Waals surface area contributed by atoms with Crippen molar-refractivity contribution in [2.24, 2.45) is 0 Å². The second kappa shape index (κ2) is 7.62. The molecule has 17 heavy (non-hydrogen) atoms. The Bertz CT molecular complexity index is 367. The highest BCUT2D eigenvalue weighted by Gasteiger charge is 2.01. The maximum absolute atomic E-state index is 5.76. The van der Waals surface area contributed by atoms with Crippen molar-refractivity contribution in [1.82, 2.24) is 0 Å². The van der Waals surface area contributed by atoms with Gasteiger partial charge in [0.05, 0.1) is 6.10 Å². The van der Waals surface area contributed by atoms with Gasteiger partial charge in [-0.25, -0.2) is 0 Å². The molecule has 0 spiro atoms. The largest absolute Gasteiger partial charge is 0.491 e. The highest BCUT2D eigenvalue weighted by Crippen LogP contribution is 2.19. The Balaban J connectivity index is 2.45. The Hall–Kier alpha value is -1.62. The van der Waals surface area contributed by atoms with E-state index in [4.69, 9.17) is 11.2 Å². The molecular formula is C15H21NO. The molecule has 92 valence electrons. The first-order chi connectivity index (χ1) is 8.26. The third-order valence-corrected chi connectivity index (χ3v) is 2.57. The lowest BCUT2D eigenvalue weighted by Crippen LogP contribution is -2.10. The number of hydrogen-bond donors (Lipinski definition) is 1. The summed E-state index contributed by atoms with van der Waals surface area (Å²) in [5, 5.41) is 3.34. The van der Waals surface area contributed by atoms with E-state index in [1.165, 1.54) is 0 Å². The minimum absolute atomic E-state index is 0.256. The van der Waals surface area contributed by atoms with Crippen LogP contribution in [0.3, 0.4) is 0 Å². The maximum Gasteiger partial charge on any atom is 0.121 e. The van der Waals surface area contributed by atoms with Crippen LogP contribution < -0.4 is 10.1 Å². The van der Waals surface area contributed by atoms with E-state index in [9.17, 15) is 0 Å². The van der Waals surface area contributed by atoms with E-state index in [0.29, 0.717) is 0 Å². The van der Waals surface area contributed by atoms with Crippen LogP contribution >= 0.6 is 0 Å². The molecule has 0 aliphatic rings. The molecular weight excluding hydrogens is 210 g/mol. The van der Waals surface area contributed by atoms with Crippen LogP contribution in [0.1, 0.15) is 33.1 Å². The molecule has 0 aliphatic heterocycles. The maximum atomic E-state index is 5.76. The molecule has 1 atom stereocenters. The number of ether oxygens (including phenoxy) is 1. The number of unbranched alkanes of at least 4 members (excludes halogenated alkanes) is 1. The summed E-state index contributed by atoms with van der Waals surface area (Å²) in [6.07, 6.45) is 8.28. The molecule has 0 radical (unpaired) electrons. The average molecular weight is 231 g/mol. The van der Waals surface area contributed by atoms with E-state index < -0.39 is 0 Å². The first-order valence-corrected chi connectivity index (χ1v) is 6.20. The third kappa shape index (κ3) is 5.31. The summed E-state index contributed by atoms with van der Waals surface area (Å²) in [6, 6.07) is 8.06. The van der Waals surface area contributed by atoms with Gasteiger partial charge in [-0.2, -0.15) is 0 Å². The van der Waals surface area contributed by atoms with E-state index in [0.717, 1.165) is 37.2 Å². The van der Waals surface area contributed by atoms with Gasteiger partial charge in [-0.05, 0) is 31.9 Å². The third-order valence-electron chi connectivity index (χ3n) is 2.57. The fourth-order valence-electron chi connectivity index (χ4n) is 1.42. The Morgan fingerprint density at radius 2 is 2.29 bits per heavy atom. The highest BCUT2D eigenvalue weighted by atomic mass is 16.5. The molecule has 0 aliphatic carbocycles. The number of hydrogen-bond acceptors (Lipinski definition) is 2. The second-order valence-electron chi connectivity index (χ2n) is 4.10. The van der Waals surface area contributed by atoms with Crippen LogP contribution in [0.2, 0.25) is 0 Å². The Morgan fingerprint density at radius 3 is 3.00 bits per heavy atom. The molecule has 0 bridgehead atoms. The molecule has 0 saturated carbocycles. The first-order valence-electron chi connectivity index (χ1n) is 6.20. The molecule has 1 aromatic carbocycles. The molecule has 0 saturated heterocycles. The van der Waals surface area contributed by atoms with Crippen molar-refractivity contribution >= 4 is 5.69 Å².